The molecular formula is C18H28N2O. The lowest BCUT2D eigenvalue weighted by Gasteiger charge is -2.07. The summed E-state index contributed by atoms with van der Waals surface area (Å²) in [5.74, 6) is 0. The van der Waals surface area contributed by atoms with Gasteiger partial charge in [-0.3, -0.25) is 0 Å². The maximum Gasteiger partial charge on any atom is 0.0480 e. The Labute approximate surface area is 128 Å². The summed E-state index contributed by atoms with van der Waals surface area (Å²) in [5.41, 5.74) is 2.69. The first-order valence-electron chi connectivity index (χ1n) is 8.24. The molecule has 3 heteroatoms. The van der Waals surface area contributed by atoms with Gasteiger partial charge in [-0.1, -0.05) is 25.8 Å². The van der Waals surface area contributed by atoms with Crippen LogP contribution in [-0.4, -0.2) is 22.8 Å². The molecule has 0 fully saturated rings. The van der Waals surface area contributed by atoms with E-state index in [0.717, 1.165) is 32.5 Å². The van der Waals surface area contributed by atoms with Gasteiger partial charge >= 0.3 is 0 Å². The Balaban J connectivity index is 1.90. The predicted octanol–water partition coefficient (Wildman–Crippen LogP) is 3.69. The monoisotopic (exact) mass is 288 g/mol. The molecule has 116 valence electrons. The Morgan fingerprint density at radius 2 is 1.95 bits per heavy atom. The van der Waals surface area contributed by atoms with Crippen molar-refractivity contribution in [2.45, 2.75) is 52.1 Å². The summed E-state index contributed by atoms with van der Waals surface area (Å²) in [6.07, 6.45) is 7.81. The van der Waals surface area contributed by atoms with Crippen molar-refractivity contribution < 1.29 is 5.11 Å². The number of fused-ring (bicyclic) bond motifs is 1. The third-order valence-corrected chi connectivity index (χ3v) is 3.90. The van der Waals surface area contributed by atoms with Crippen molar-refractivity contribution in [2.24, 2.45) is 0 Å². The molecular weight excluding hydrogens is 260 g/mol. The zero-order valence-electron chi connectivity index (χ0n) is 13.1. The lowest BCUT2D eigenvalue weighted by atomic mass is 10.1. The van der Waals surface area contributed by atoms with E-state index in [1.165, 1.54) is 35.7 Å². The smallest absolute Gasteiger partial charge is 0.0480 e. The zero-order valence-corrected chi connectivity index (χ0v) is 13.1. The van der Waals surface area contributed by atoms with Crippen molar-refractivity contribution in [3.63, 3.8) is 0 Å². The van der Waals surface area contributed by atoms with Crippen LogP contribution in [0.2, 0.25) is 0 Å². The van der Waals surface area contributed by atoms with Crippen molar-refractivity contribution >= 4 is 10.9 Å². The minimum absolute atomic E-state index is 0.321. The van der Waals surface area contributed by atoms with Crippen LogP contribution in [0.3, 0.4) is 0 Å². The minimum Gasteiger partial charge on any atom is -0.396 e. The van der Waals surface area contributed by atoms with Crippen molar-refractivity contribution in [2.75, 3.05) is 13.2 Å². The number of aromatic nitrogens is 1. The fourth-order valence-electron chi connectivity index (χ4n) is 2.71. The summed E-state index contributed by atoms with van der Waals surface area (Å²) in [5, 5.41) is 13.6. The summed E-state index contributed by atoms with van der Waals surface area (Å²) in [4.78, 5) is 0. The number of nitrogens with zero attached hydrogens (tertiary/aromatic N) is 1. The molecule has 1 aromatic carbocycles. The molecule has 0 amide bonds. The first-order chi connectivity index (χ1) is 10.3. The van der Waals surface area contributed by atoms with Gasteiger partial charge in [0.15, 0.2) is 0 Å². The van der Waals surface area contributed by atoms with Gasteiger partial charge in [0.05, 0.1) is 0 Å². The number of hydrogen-bond acceptors (Lipinski definition) is 2. The van der Waals surface area contributed by atoms with Crippen molar-refractivity contribution in [1.29, 1.82) is 0 Å². The van der Waals surface area contributed by atoms with Crippen molar-refractivity contribution in [3.05, 3.63) is 36.0 Å². The van der Waals surface area contributed by atoms with Crippen LogP contribution in [0, 0.1) is 0 Å². The minimum atomic E-state index is 0.321. The largest absolute Gasteiger partial charge is 0.396 e. The Bertz CT molecular complexity index is 533. The second kappa shape index (κ2) is 8.85. The van der Waals surface area contributed by atoms with Crippen LogP contribution in [0.15, 0.2) is 30.5 Å². The van der Waals surface area contributed by atoms with Gasteiger partial charge in [0.25, 0.3) is 0 Å². The van der Waals surface area contributed by atoms with Crippen LogP contribution in [0.25, 0.3) is 10.9 Å². The summed E-state index contributed by atoms with van der Waals surface area (Å²) in [6, 6.07) is 8.98. The average molecular weight is 288 g/mol. The Morgan fingerprint density at radius 3 is 2.76 bits per heavy atom. The average Bonchev–Trinajstić information content (AvgIpc) is 2.90. The molecule has 0 spiro atoms. The van der Waals surface area contributed by atoms with Crippen molar-refractivity contribution in [3.8, 4) is 0 Å². The maximum atomic E-state index is 8.78. The second-order valence-electron chi connectivity index (χ2n) is 5.72. The normalized spacial score (nSPS) is 11.3. The lowest BCUT2D eigenvalue weighted by molar-refractivity contribution is 0.282. The van der Waals surface area contributed by atoms with Gasteiger partial charge in [-0.15, -0.1) is 0 Å². The first kappa shape index (κ1) is 16.1. The number of aryl methyl sites for hydroxylation is 1. The number of aliphatic hydroxyl groups excluding tert-OH is 1. The summed E-state index contributed by atoms with van der Waals surface area (Å²) in [7, 11) is 0. The molecule has 0 aliphatic rings. The van der Waals surface area contributed by atoms with E-state index in [0.29, 0.717) is 6.61 Å². The predicted molar refractivity (Wildman–Crippen MR) is 89.5 cm³/mol. The highest BCUT2D eigenvalue weighted by atomic mass is 16.2. The van der Waals surface area contributed by atoms with Gasteiger partial charge in [-0.05, 0) is 55.0 Å². The van der Waals surface area contributed by atoms with E-state index in [-0.39, 0.29) is 0 Å². The van der Waals surface area contributed by atoms with Gasteiger partial charge < -0.3 is 15.0 Å². The SMILES string of the molecule is CCCNCc1ccc2c(ccn2CCCCCCO)c1. The van der Waals surface area contributed by atoms with Crippen LogP contribution in [0.1, 0.15) is 44.6 Å². The molecule has 2 aromatic rings. The van der Waals surface area contributed by atoms with E-state index in [1.807, 2.05) is 0 Å². The molecule has 21 heavy (non-hydrogen) atoms. The van der Waals surface area contributed by atoms with E-state index in [4.69, 9.17) is 5.11 Å². The summed E-state index contributed by atoms with van der Waals surface area (Å²) >= 11 is 0. The Hall–Kier alpha value is -1.32. The second-order valence-corrected chi connectivity index (χ2v) is 5.72. The molecule has 0 aliphatic heterocycles. The number of benzene rings is 1. The molecule has 0 saturated carbocycles. The number of aliphatic hydroxyl groups is 1. The zero-order chi connectivity index (χ0) is 14.9. The third-order valence-electron chi connectivity index (χ3n) is 3.90. The molecule has 2 N–H and O–H groups in total. The van der Waals surface area contributed by atoms with Gasteiger partial charge in [0.1, 0.15) is 0 Å². The Kier molecular flexibility index (Phi) is 6.77. The first-order valence-corrected chi connectivity index (χ1v) is 8.24. The third kappa shape index (κ3) is 4.87. The van der Waals surface area contributed by atoms with Crippen LogP contribution in [-0.2, 0) is 13.1 Å². The summed E-state index contributed by atoms with van der Waals surface area (Å²) < 4.78 is 2.34. The molecule has 0 saturated heterocycles. The molecule has 0 bridgehead atoms. The van der Waals surface area contributed by atoms with Crippen molar-refractivity contribution in [1.82, 2.24) is 9.88 Å². The lowest BCUT2D eigenvalue weighted by Crippen LogP contribution is -2.13. The number of unbranched alkanes of at least 4 members (excludes halogenated alkanes) is 3. The summed E-state index contributed by atoms with van der Waals surface area (Å²) in [6.45, 7) is 5.61. The molecule has 0 atom stereocenters. The van der Waals surface area contributed by atoms with E-state index in [1.54, 1.807) is 0 Å². The fourth-order valence-corrected chi connectivity index (χ4v) is 2.71. The van der Waals surface area contributed by atoms with Gasteiger partial charge in [0, 0.05) is 31.4 Å². The van der Waals surface area contributed by atoms with E-state index >= 15 is 0 Å². The van der Waals surface area contributed by atoms with Gasteiger partial charge in [-0.2, -0.15) is 0 Å². The van der Waals surface area contributed by atoms with Crippen LogP contribution < -0.4 is 5.32 Å². The molecule has 3 nitrogen and oxygen atoms in total. The van der Waals surface area contributed by atoms with Gasteiger partial charge in [0.2, 0.25) is 0 Å². The quantitative estimate of drug-likeness (QED) is 0.654. The van der Waals surface area contributed by atoms with E-state index in [2.05, 4.69) is 47.3 Å². The fraction of sp³-hybridized carbons (Fsp3) is 0.556. The van der Waals surface area contributed by atoms with Crippen LogP contribution >= 0.6 is 0 Å². The molecule has 0 aliphatic carbocycles. The van der Waals surface area contributed by atoms with Crippen LogP contribution in [0.5, 0.6) is 0 Å². The number of hydrogen-bond donors (Lipinski definition) is 2. The molecule has 0 unspecified atom stereocenters. The van der Waals surface area contributed by atoms with Crippen LogP contribution in [0.4, 0.5) is 0 Å². The highest BCUT2D eigenvalue weighted by Crippen LogP contribution is 2.18. The maximum absolute atomic E-state index is 8.78. The molecule has 0 radical (unpaired) electrons. The van der Waals surface area contributed by atoms with E-state index in [9.17, 15) is 0 Å². The topological polar surface area (TPSA) is 37.2 Å². The molecule has 1 aromatic heterocycles. The number of rotatable bonds is 10. The standard InChI is InChI=1S/C18H28N2O/c1-2-10-19-15-16-7-8-18-17(14-16)9-12-20(18)11-5-3-4-6-13-21/h7-9,12,14,19,21H,2-6,10-11,13,15H2,1H3. The number of nitrogens with one attached hydrogen (secondary N) is 1. The highest BCUT2D eigenvalue weighted by molar-refractivity contribution is 5.80. The Morgan fingerprint density at radius 1 is 1.10 bits per heavy atom. The van der Waals surface area contributed by atoms with Gasteiger partial charge in [-0.25, -0.2) is 0 Å². The molecule has 2 rings (SSSR count). The van der Waals surface area contributed by atoms with E-state index < -0.39 is 0 Å². The molecule has 1 heterocycles. The highest BCUT2D eigenvalue weighted by Gasteiger charge is 2.02.